The molecule has 1 heteroatoms. The number of benzene rings is 1. The molecular formula is C17H29N. The van der Waals surface area contributed by atoms with Gasteiger partial charge in [0, 0.05) is 6.04 Å². The molecule has 0 aliphatic carbocycles. The van der Waals surface area contributed by atoms with Crippen LogP contribution in [-0.2, 0) is 6.42 Å². The summed E-state index contributed by atoms with van der Waals surface area (Å²) in [6.07, 6.45) is 3.29. The summed E-state index contributed by atoms with van der Waals surface area (Å²) in [5.74, 6) is 0.605. The predicted octanol–water partition coefficient (Wildman–Crippen LogP) is 4.51. The largest absolute Gasteiger partial charge is 0.327 e. The topological polar surface area (TPSA) is 26.0 Å². The molecule has 0 fully saturated rings. The maximum Gasteiger partial charge on any atom is 0.00795 e. The van der Waals surface area contributed by atoms with Crippen LogP contribution in [0.3, 0.4) is 0 Å². The minimum absolute atomic E-state index is 0.286. The lowest BCUT2D eigenvalue weighted by molar-refractivity contribution is 0.347. The molecule has 1 aromatic carbocycles. The van der Waals surface area contributed by atoms with Gasteiger partial charge in [0.15, 0.2) is 0 Å². The summed E-state index contributed by atoms with van der Waals surface area (Å²) in [7, 11) is 0. The molecule has 1 nitrogen and oxygen atoms in total. The second kappa shape index (κ2) is 6.38. The third-order valence-corrected chi connectivity index (χ3v) is 3.41. The fourth-order valence-corrected chi connectivity index (χ4v) is 2.06. The summed E-state index contributed by atoms with van der Waals surface area (Å²) in [5.41, 5.74) is 9.37. The SMILES string of the molecule is CC(C)c1ccc(CC(N)CCC(C)(C)C)cc1. The Balaban J connectivity index is 2.47. The van der Waals surface area contributed by atoms with Crippen LogP contribution in [0.4, 0.5) is 0 Å². The molecule has 2 N–H and O–H groups in total. The Morgan fingerprint density at radius 2 is 1.61 bits per heavy atom. The molecule has 0 bridgehead atoms. The van der Waals surface area contributed by atoms with E-state index >= 15 is 0 Å². The summed E-state index contributed by atoms with van der Waals surface area (Å²) in [5, 5.41) is 0. The molecule has 0 spiro atoms. The van der Waals surface area contributed by atoms with Crippen LogP contribution in [0.25, 0.3) is 0 Å². The van der Waals surface area contributed by atoms with Crippen LogP contribution in [0.5, 0.6) is 0 Å². The Morgan fingerprint density at radius 3 is 2.06 bits per heavy atom. The Bertz CT molecular complexity index is 343. The van der Waals surface area contributed by atoms with Crippen LogP contribution in [0, 0.1) is 5.41 Å². The van der Waals surface area contributed by atoms with Crippen LogP contribution in [0.15, 0.2) is 24.3 Å². The third kappa shape index (κ3) is 5.68. The monoisotopic (exact) mass is 247 g/mol. The zero-order valence-electron chi connectivity index (χ0n) is 12.7. The first kappa shape index (κ1) is 15.2. The number of nitrogens with two attached hydrogens (primary N) is 1. The highest BCUT2D eigenvalue weighted by atomic mass is 14.6. The van der Waals surface area contributed by atoms with Gasteiger partial charge in [0.25, 0.3) is 0 Å². The normalized spacial score (nSPS) is 13.9. The van der Waals surface area contributed by atoms with Crippen molar-refractivity contribution in [3.05, 3.63) is 35.4 Å². The van der Waals surface area contributed by atoms with E-state index in [9.17, 15) is 0 Å². The molecule has 0 aromatic heterocycles. The number of hydrogen-bond donors (Lipinski definition) is 1. The van der Waals surface area contributed by atoms with Gasteiger partial charge < -0.3 is 5.73 Å². The first-order chi connectivity index (χ1) is 8.28. The van der Waals surface area contributed by atoms with E-state index in [1.165, 1.54) is 17.5 Å². The van der Waals surface area contributed by atoms with E-state index in [1.54, 1.807) is 0 Å². The van der Waals surface area contributed by atoms with Crippen molar-refractivity contribution in [2.45, 2.75) is 65.8 Å². The summed E-state index contributed by atoms with van der Waals surface area (Å²) < 4.78 is 0. The van der Waals surface area contributed by atoms with Crippen LogP contribution in [0.2, 0.25) is 0 Å². The molecular weight excluding hydrogens is 218 g/mol. The van der Waals surface area contributed by atoms with E-state index in [0.29, 0.717) is 11.3 Å². The molecule has 0 saturated heterocycles. The zero-order chi connectivity index (χ0) is 13.8. The first-order valence-electron chi connectivity index (χ1n) is 7.12. The molecule has 0 aliphatic heterocycles. The van der Waals surface area contributed by atoms with Gasteiger partial charge in [0.2, 0.25) is 0 Å². The van der Waals surface area contributed by atoms with Crippen LogP contribution in [-0.4, -0.2) is 6.04 Å². The van der Waals surface area contributed by atoms with Crippen molar-refractivity contribution in [1.29, 1.82) is 0 Å². The van der Waals surface area contributed by atoms with Crippen molar-refractivity contribution in [2.24, 2.45) is 11.1 Å². The van der Waals surface area contributed by atoms with E-state index in [4.69, 9.17) is 5.73 Å². The molecule has 0 heterocycles. The third-order valence-electron chi connectivity index (χ3n) is 3.41. The van der Waals surface area contributed by atoms with E-state index in [0.717, 1.165) is 12.8 Å². The van der Waals surface area contributed by atoms with Crippen molar-refractivity contribution in [1.82, 2.24) is 0 Å². The highest BCUT2D eigenvalue weighted by molar-refractivity contribution is 5.25. The van der Waals surface area contributed by atoms with Gasteiger partial charge in [-0.3, -0.25) is 0 Å². The lowest BCUT2D eigenvalue weighted by atomic mass is 9.87. The standard InChI is InChI=1S/C17H29N/c1-13(2)15-8-6-14(7-9-15)12-16(18)10-11-17(3,4)5/h6-9,13,16H,10-12,18H2,1-5H3. The van der Waals surface area contributed by atoms with Gasteiger partial charge in [-0.1, -0.05) is 58.9 Å². The fraction of sp³-hybridized carbons (Fsp3) is 0.647. The Hall–Kier alpha value is -0.820. The van der Waals surface area contributed by atoms with Crippen molar-refractivity contribution < 1.29 is 0 Å². The molecule has 1 atom stereocenters. The van der Waals surface area contributed by atoms with Crippen LogP contribution in [0.1, 0.15) is 64.5 Å². The molecule has 1 unspecified atom stereocenters. The van der Waals surface area contributed by atoms with Gasteiger partial charge in [-0.05, 0) is 41.7 Å². The maximum atomic E-state index is 6.21. The Labute approximate surface area is 113 Å². The number of hydrogen-bond acceptors (Lipinski definition) is 1. The molecule has 0 saturated carbocycles. The van der Waals surface area contributed by atoms with Gasteiger partial charge in [0.05, 0.1) is 0 Å². The van der Waals surface area contributed by atoms with Gasteiger partial charge in [-0.25, -0.2) is 0 Å². The lowest BCUT2D eigenvalue weighted by Gasteiger charge is -2.21. The average molecular weight is 247 g/mol. The van der Waals surface area contributed by atoms with Gasteiger partial charge in [0.1, 0.15) is 0 Å². The van der Waals surface area contributed by atoms with Crippen LogP contribution >= 0.6 is 0 Å². The van der Waals surface area contributed by atoms with E-state index in [1.807, 2.05) is 0 Å². The highest BCUT2D eigenvalue weighted by Gasteiger charge is 2.13. The molecule has 0 radical (unpaired) electrons. The molecule has 0 aliphatic rings. The summed E-state index contributed by atoms with van der Waals surface area (Å²) in [6, 6.07) is 9.21. The molecule has 18 heavy (non-hydrogen) atoms. The molecule has 1 aromatic rings. The molecule has 102 valence electrons. The quantitative estimate of drug-likeness (QED) is 0.814. The number of rotatable bonds is 5. The van der Waals surface area contributed by atoms with Crippen LogP contribution < -0.4 is 5.73 Å². The Morgan fingerprint density at radius 1 is 1.06 bits per heavy atom. The summed E-state index contributed by atoms with van der Waals surface area (Å²) in [6.45, 7) is 11.3. The minimum atomic E-state index is 0.286. The smallest absolute Gasteiger partial charge is 0.00795 e. The average Bonchev–Trinajstić information content (AvgIpc) is 2.26. The first-order valence-corrected chi connectivity index (χ1v) is 7.12. The van der Waals surface area contributed by atoms with Crippen molar-refractivity contribution in [3.63, 3.8) is 0 Å². The Kier molecular flexibility index (Phi) is 5.40. The van der Waals surface area contributed by atoms with E-state index < -0.39 is 0 Å². The van der Waals surface area contributed by atoms with Gasteiger partial charge in [-0.15, -0.1) is 0 Å². The van der Waals surface area contributed by atoms with Crippen molar-refractivity contribution in [3.8, 4) is 0 Å². The van der Waals surface area contributed by atoms with Crippen molar-refractivity contribution >= 4 is 0 Å². The zero-order valence-corrected chi connectivity index (χ0v) is 12.7. The minimum Gasteiger partial charge on any atom is -0.327 e. The van der Waals surface area contributed by atoms with E-state index in [2.05, 4.69) is 58.9 Å². The molecule has 0 amide bonds. The fourth-order valence-electron chi connectivity index (χ4n) is 2.06. The summed E-state index contributed by atoms with van der Waals surface area (Å²) in [4.78, 5) is 0. The van der Waals surface area contributed by atoms with E-state index in [-0.39, 0.29) is 6.04 Å². The molecule has 1 rings (SSSR count). The predicted molar refractivity (Wildman–Crippen MR) is 80.9 cm³/mol. The second-order valence-corrected chi connectivity index (χ2v) is 6.96. The summed E-state index contributed by atoms with van der Waals surface area (Å²) >= 11 is 0. The maximum absolute atomic E-state index is 6.21. The van der Waals surface area contributed by atoms with Gasteiger partial charge in [-0.2, -0.15) is 0 Å². The van der Waals surface area contributed by atoms with Crippen molar-refractivity contribution in [2.75, 3.05) is 0 Å². The van der Waals surface area contributed by atoms with Gasteiger partial charge >= 0.3 is 0 Å². The second-order valence-electron chi connectivity index (χ2n) is 6.96. The lowest BCUT2D eigenvalue weighted by Crippen LogP contribution is -2.24. The highest BCUT2D eigenvalue weighted by Crippen LogP contribution is 2.22.